The van der Waals surface area contributed by atoms with Crippen molar-refractivity contribution in [3.63, 3.8) is 0 Å². The SMILES string of the molecule is C[C@@H](O)[C@H](NC(=O)N1CCN(c2ccc(C#Cc3ccn(C)n3)cc2)CC1)C(=O)CO. The summed E-state index contributed by atoms with van der Waals surface area (Å²) >= 11 is 0. The molecule has 164 valence electrons. The summed E-state index contributed by atoms with van der Waals surface area (Å²) in [6, 6.07) is 8.24. The number of urea groups is 1. The van der Waals surface area contributed by atoms with E-state index in [1.165, 1.54) is 6.92 Å². The van der Waals surface area contributed by atoms with Gasteiger partial charge in [-0.15, -0.1) is 0 Å². The third kappa shape index (κ3) is 5.84. The molecule has 1 saturated heterocycles. The van der Waals surface area contributed by atoms with E-state index in [-0.39, 0.29) is 0 Å². The van der Waals surface area contributed by atoms with Crippen LogP contribution in [0.1, 0.15) is 18.2 Å². The minimum absolute atomic E-state index is 0.424. The summed E-state index contributed by atoms with van der Waals surface area (Å²) in [6.45, 7) is 2.91. The lowest BCUT2D eigenvalue weighted by Crippen LogP contribution is -2.57. The van der Waals surface area contributed by atoms with Crippen molar-refractivity contribution in [2.45, 2.75) is 19.1 Å². The van der Waals surface area contributed by atoms with Gasteiger partial charge in [-0.05, 0) is 43.2 Å². The normalized spacial score (nSPS) is 15.6. The maximum atomic E-state index is 12.4. The molecule has 0 saturated carbocycles. The number of benzene rings is 1. The van der Waals surface area contributed by atoms with Gasteiger partial charge in [-0.2, -0.15) is 5.10 Å². The average molecular weight is 425 g/mol. The van der Waals surface area contributed by atoms with Crippen molar-refractivity contribution in [2.24, 2.45) is 7.05 Å². The first-order chi connectivity index (χ1) is 14.9. The Balaban J connectivity index is 1.54. The van der Waals surface area contributed by atoms with Gasteiger partial charge in [-0.3, -0.25) is 9.48 Å². The van der Waals surface area contributed by atoms with Gasteiger partial charge in [0.05, 0.1) is 6.10 Å². The smallest absolute Gasteiger partial charge is 0.318 e. The Hall–Kier alpha value is -3.35. The van der Waals surface area contributed by atoms with Gasteiger partial charge in [0.2, 0.25) is 0 Å². The Morgan fingerprint density at radius 1 is 1.13 bits per heavy atom. The van der Waals surface area contributed by atoms with E-state index in [0.717, 1.165) is 16.9 Å². The maximum Gasteiger partial charge on any atom is 0.318 e. The third-order valence-electron chi connectivity index (χ3n) is 5.11. The molecule has 0 aliphatic carbocycles. The van der Waals surface area contributed by atoms with Gasteiger partial charge in [0.25, 0.3) is 0 Å². The number of nitrogens with zero attached hydrogens (tertiary/aromatic N) is 4. The molecule has 0 spiro atoms. The standard InChI is InChI=1S/C22H27N5O4/c1-16(29)21(20(30)15-28)23-22(31)27-13-11-26(12-14-27)19-7-4-17(5-8-19)3-6-18-9-10-25(2)24-18/h4-5,7-10,16,21,28-29H,11-15H2,1-2H3,(H,23,31)/t16-,21+/m1/s1. The zero-order chi connectivity index (χ0) is 22.4. The van der Waals surface area contributed by atoms with Crippen LogP contribution < -0.4 is 10.2 Å². The summed E-state index contributed by atoms with van der Waals surface area (Å²) in [5.74, 6) is 5.51. The number of ketones is 1. The first-order valence-electron chi connectivity index (χ1n) is 10.1. The number of hydrogen-bond acceptors (Lipinski definition) is 6. The highest BCUT2D eigenvalue weighted by Gasteiger charge is 2.28. The van der Waals surface area contributed by atoms with Gasteiger partial charge in [0, 0.05) is 50.7 Å². The first-order valence-corrected chi connectivity index (χ1v) is 10.1. The van der Waals surface area contributed by atoms with Crippen molar-refractivity contribution in [2.75, 3.05) is 37.7 Å². The predicted octanol–water partition coefficient (Wildman–Crippen LogP) is -0.0377. The molecule has 9 nitrogen and oxygen atoms in total. The quantitative estimate of drug-likeness (QED) is 0.580. The Morgan fingerprint density at radius 3 is 2.35 bits per heavy atom. The van der Waals surface area contributed by atoms with Gasteiger partial charge in [-0.1, -0.05) is 5.92 Å². The van der Waals surface area contributed by atoms with Crippen molar-refractivity contribution in [1.29, 1.82) is 0 Å². The largest absolute Gasteiger partial charge is 0.391 e. The van der Waals surface area contributed by atoms with E-state index in [1.807, 2.05) is 43.6 Å². The van der Waals surface area contributed by atoms with Gasteiger partial charge in [0.1, 0.15) is 18.3 Å². The van der Waals surface area contributed by atoms with Crippen molar-refractivity contribution < 1.29 is 19.8 Å². The molecule has 1 aromatic carbocycles. The highest BCUT2D eigenvalue weighted by atomic mass is 16.3. The molecular weight excluding hydrogens is 398 g/mol. The number of aliphatic hydroxyl groups is 2. The van der Waals surface area contributed by atoms with E-state index in [0.29, 0.717) is 26.2 Å². The van der Waals surface area contributed by atoms with E-state index in [1.54, 1.807) is 9.58 Å². The first kappa shape index (κ1) is 22.3. The molecule has 1 fully saturated rings. The highest BCUT2D eigenvalue weighted by Crippen LogP contribution is 2.17. The Kier molecular flexibility index (Phi) is 7.28. The number of hydrogen-bond donors (Lipinski definition) is 3. The second-order valence-corrected chi connectivity index (χ2v) is 7.44. The average Bonchev–Trinajstić information content (AvgIpc) is 3.20. The fourth-order valence-electron chi connectivity index (χ4n) is 3.33. The van der Waals surface area contributed by atoms with Crippen LogP contribution in [0.3, 0.4) is 0 Å². The molecule has 9 heteroatoms. The number of rotatable bonds is 5. The molecule has 2 atom stereocenters. The number of piperazine rings is 1. The van der Waals surface area contributed by atoms with E-state index >= 15 is 0 Å². The molecule has 1 aliphatic heterocycles. The summed E-state index contributed by atoms with van der Waals surface area (Å²) in [7, 11) is 1.85. The molecule has 1 aliphatic rings. The van der Waals surface area contributed by atoms with E-state index in [2.05, 4.69) is 27.2 Å². The van der Waals surface area contributed by atoms with Crippen LogP contribution in [0.5, 0.6) is 0 Å². The molecule has 1 aromatic heterocycles. The molecule has 3 rings (SSSR count). The molecule has 2 amide bonds. The number of amides is 2. The molecule has 2 heterocycles. The Morgan fingerprint density at radius 2 is 1.81 bits per heavy atom. The monoisotopic (exact) mass is 425 g/mol. The minimum Gasteiger partial charge on any atom is -0.391 e. The van der Waals surface area contributed by atoms with Crippen LogP contribution in [0.2, 0.25) is 0 Å². The van der Waals surface area contributed by atoms with Gasteiger partial charge in [0.15, 0.2) is 5.78 Å². The zero-order valence-corrected chi connectivity index (χ0v) is 17.7. The van der Waals surface area contributed by atoms with Crippen LogP contribution in [-0.4, -0.2) is 81.6 Å². The number of aryl methyl sites for hydroxylation is 1. The van der Waals surface area contributed by atoms with Gasteiger partial charge >= 0.3 is 6.03 Å². The number of aliphatic hydroxyl groups excluding tert-OH is 2. The third-order valence-corrected chi connectivity index (χ3v) is 5.11. The molecule has 2 aromatic rings. The fraction of sp³-hybridized carbons (Fsp3) is 0.409. The number of carbonyl (C=O) groups excluding carboxylic acids is 2. The highest BCUT2D eigenvalue weighted by molar-refractivity contribution is 5.89. The van der Waals surface area contributed by atoms with Crippen LogP contribution in [0.25, 0.3) is 0 Å². The summed E-state index contributed by atoms with van der Waals surface area (Å²) < 4.78 is 1.71. The molecule has 0 radical (unpaired) electrons. The topological polar surface area (TPSA) is 111 Å². The maximum absolute atomic E-state index is 12.4. The predicted molar refractivity (Wildman–Crippen MR) is 116 cm³/mol. The van der Waals surface area contributed by atoms with Crippen molar-refractivity contribution in [1.82, 2.24) is 20.0 Å². The summed E-state index contributed by atoms with van der Waals surface area (Å²) in [6.07, 6.45) is 0.770. The van der Waals surface area contributed by atoms with E-state index in [9.17, 15) is 14.7 Å². The molecular formula is C22H27N5O4. The molecule has 31 heavy (non-hydrogen) atoms. The van der Waals surface area contributed by atoms with Gasteiger partial charge < -0.3 is 25.3 Å². The van der Waals surface area contributed by atoms with Crippen LogP contribution in [0.15, 0.2) is 36.5 Å². The van der Waals surface area contributed by atoms with E-state index < -0.39 is 30.6 Å². The number of aromatic nitrogens is 2. The minimum atomic E-state index is -1.12. The lowest BCUT2D eigenvalue weighted by atomic mass is 10.1. The number of nitrogens with one attached hydrogen (secondary N) is 1. The number of carbonyl (C=O) groups is 2. The molecule has 0 bridgehead atoms. The van der Waals surface area contributed by atoms with Gasteiger partial charge in [-0.25, -0.2) is 4.79 Å². The number of Topliss-reactive ketones (excluding diaryl/α,β-unsaturated/α-hetero) is 1. The van der Waals surface area contributed by atoms with Crippen LogP contribution in [-0.2, 0) is 11.8 Å². The Labute approximate surface area is 181 Å². The Bertz CT molecular complexity index is 966. The van der Waals surface area contributed by atoms with Crippen LogP contribution in [0.4, 0.5) is 10.5 Å². The summed E-state index contributed by atoms with van der Waals surface area (Å²) in [5.41, 5.74) is 2.66. The second kappa shape index (κ2) is 10.1. The molecule has 3 N–H and O–H groups in total. The van der Waals surface area contributed by atoms with Crippen LogP contribution in [0, 0.1) is 11.8 Å². The fourth-order valence-corrected chi connectivity index (χ4v) is 3.33. The zero-order valence-electron chi connectivity index (χ0n) is 17.7. The lowest BCUT2D eigenvalue weighted by Gasteiger charge is -2.36. The van der Waals surface area contributed by atoms with Crippen molar-refractivity contribution in [3.8, 4) is 11.8 Å². The second-order valence-electron chi connectivity index (χ2n) is 7.44. The molecule has 0 unspecified atom stereocenters. The summed E-state index contributed by atoms with van der Waals surface area (Å²) in [5, 5.41) is 25.4. The summed E-state index contributed by atoms with van der Waals surface area (Å²) in [4.78, 5) is 27.9. The number of anilines is 1. The van der Waals surface area contributed by atoms with E-state index in [4.69, 9.17) is 5.11 Å². The van der Waals surface area contributed by atoms with Crippen molar-refractivity contribution >= 4 is 17.5 Å². The van der Waals surface area contributed by atoms with Crippen molar-refractivity contribution in [3.05, 3.63) is 47.8 Å². The lowest BCUT2D eigenvalue weighted by molar-refractivity contribution is -0.125. The van der Waals surface area contributed by atoms with Crippen LogP contribution >= 0.6 is 0 Å².